The lowest BCUT2D eigenvalue weighted by Crippen LogP contribution is -2.49. The third-order valence-corrected chi connectivity index (χ3v) is 7.57. The third-order valence-electron chi connectivity index (χ3n) is 7.57. The zero-order chi connectivity index (χ0) is 25.4. The summed E-state index contributed by atoms with van der Waals surface area (Å²) in [5, 5.41) is 6.00. The Kier molecular flexibility index (Phi) is 6.16. The van der Waals surface area contributed by atoms with Crippen LogP contribution in [0.2, 0.25) is 0 Å². The van der Waals surface area contributed by atoms with Gasteiger partial charge in [-0.05, 0) is 24.6 Å². The number of aromatic nitrogens is 3. The molecule has 0 N–H and O–H groups in total. The van der Waals surface area contributed by atoms with E-state index in [9.17, 15) is 9.59 Å². The molecule has 8 heteroatoms. The second kappa shape index (κ2) is 9.76. The average Bonchev–Trinajstić information content (AvgIpc) is 3.52. The van der Waals surface area contributed by atoms with Gasteiger partial charge in [0.25, 0.3) is 0 Å². The number of carbonyl (C=O) groups excluding carboxylic acids is 2. The molecule has 2 aliphatic heterocycles. The predicted molar refractivity (Wildman–Crippen MR) is 146 cm³/mol. The first kappa shape index (κ1) is 23.3. The van der Waals surface area contributed by atoms with Crippen LogP contribution in [0.15, 0.2) is 66.9 Å². The van der Waals surface area contributed by atoms with Gasteiger partial charge in [-0.3, -0.25) is 14.5 Å². The molecule has 0 spiro atoms. The molecule has 0 bridgehead atoms. The lowest BCUT2D eigenvalue weighted by Gasteiger charge is -2.36. The Bertz CT molecular complexity index is 1430. The van der Waals surface area contributed by atoms with Crippen molar-refractivity contribution in [2.75, 3.05) is 42.5 Å². The van der Waals surface area contributed by atoms with E-state index < -0.39 is 0 Å². The van der Waals surface area contributed by atoms with Gasteiger partial charge >= 0.3 is 0 Å². The Labute approximate surface area is 216 Å². The number of amides is 2. The minimum absolute atomic E-state index is 0.0980. The van der Waals surface area contributed by atoms with Gasteiger partial charge in [-0.1, -0.05) is 36.4 Å². The number of fused-ring (bicyclic) bond motifs is 2. The maximum atomic E-state index is 12.9. The van der Waals surface area contributed by atoms with Crippen LogP contribution in [0.1, 0.15) is 19.3 Å². The molecule has 6 rings (SSSR count). The fourth-order valence-electron chi connectivity index (χ4n) is 5.57. The molecule has 4 heterocycles. The molecule has 0 saturated carbocycles. The van der Waals surface area contributed by atoms with Gasteiger partial charge in [-0.15, -0.1) is 0 Å². The first-order chi connectivity index (χ1) is 18.1. The van der Waals surface area contributed by atoms with E-state index in [1.165, 1.54) is 5.69 Å². The Morgan fingerprint density at radius 1 is 0.946 bits per heavy atom. The fourth-order valence-corrected chi connectivity index (χ4v) is 5.57. The number of hydrogen-bond acceptors (Lipinski definition) is 4. The molecule has 1 fully saturated rings. The minimum atomic E-state index is 0.0980. The summed E-state index contributed by atoms with van der Waals surface area (Å²) in [6, 6.07) is 20.6. The summed E-state index contributed by atoms with van der Waals surface area (Å²) in [5.41, 5.74) is 4.30. The normalized spacial score (nSPS) is 15.9. The molecule has 0 radical (unpaired) electrons. The lowest BCUT2D eigenvalue weighted by atomic mass is 10.1. The Morgan fingerprint density at radius 3 is 2.51 bits per heavy atom. The van der Waals surface area contributed by atoms with E-state index in [0.29, 0.717) is 32.4 Å². The van der Waals surface area contributed by atoms with Gasteiger partial charge in [-0.2, -0.15) is 5.10 Å². The van der Waals surface area contributed by atoms with E-state index in [0.717, 1.165) is 54.2 Å². The second-order valence-electron chi connectivity index (χ2n) is 9.88. The molecule has 2 aromatic heterocycles. The van der Waals surface area contributed by atoms with Gasteiger partial charge in [0.15, 0.2) is 0 Å². The highest BCUT2D eigenvalue weighted by Gasteiger charge is 2.28. The number of para-hydroxylation sites is 2. The number of nitrogens with zero attached hydrogens (tertiary/aromatic N) is 6. The summed E-state index contributed by atoms with van der Waals surface area (Å²) in [7, 11) is 2.04. The minimum Gasteiger partial charge on any atom is -0.368 e. The van der Waals surface area contributed by atoms with Crippen molar-refractivity contribution in [2.45, 2.75) is 25.8 Å². The largest absolute Gasteiger partial charge is 0.368 e. The van der Waals surface area contributed by atoms with E-state index in [4.69, 9.17) is 5.10 Å². The van der Waals surface area contributed by atoms with Gasteiger partial charge in [0.1, 0.15) is 5.82 Å². The highest BCUT2D eigenvalue weighted by Crippen LogP contribution is 2.33. The third kappa shape index (κ3) is 4.48. The molecule has 0 atom stereocenters. The lowest BCUT2D eigenvalue weighted by molar-refractivity contribution is -0.131. The van der Waals surface area contributed by atoms with Crippen molar-refractivity contribution in [1.29, 1.82) is 0 Å². The van der Waals surface area contributed by atoms with Crippen LogP contribution in [-0.2, 0) is 23.2 Å². The molecule has 1 saturated heterocycles. The molecule has 0 unspecified atom stereocenters. The number of anilines is 2. The first-order valence-electron chi connectivity index (χ1n) is 13.1. The Hall–Kier alpha value is -4.07. The standard InChI is InChI=1S/C29H32N6O2/c1-31-21-24(23-10-5-6-11-26(23)31)25-20-27-34(29(37)13-15-35(27)30-25)14-7-12-28(36)33-18-16-32(17-19-33)22-8-3-2-4-9-22/h2-6,8-11,20-21H,7,12-19H2,1H3. The number of aryl methyl sites for hydroxylation is 2. The van der Waals surface area contributed by atoms with E-state index in [1.807, 2.05) is 57.9 Å². The summed E-state index contributed by atoms with van der Waals surface area (Å²) in [5.74, 6) is 1.09. The monoisotopic (exact) mass is 496 g/mol. The van der Waals surface area contributed by atoms with Crippen LogP contribution in [0, 0.1) is 0 Å². The topological polar surface area (TPSA) is 66.6 Å². The second-order valence-corrected chi connectivity index (χ2v) is 9.88. The highest BCUT2D eigenvalue weighted by molar-refractivity contribution is 5.98. The number of carbonyl (C=O) groups is 2. The SMILES string of the molecule is Cn1cc(-c2cc3n(n2)CCC(=O)N3CCCC(=O)N2CCN(c3ccccc3)CC2)c2ccccc21. The van der Waals surface area contributed by atoms with E-state index in [-0.39, 0.29) is 11.8 Å². The van der Waals surface area contributed by atoms with Gasteiger partial charge in [0, 0.05) is 87.0 Å². The molecule has 2 aromatic carbocycles. The maximum absolute atomic E-state index is 12.9. The van der Waals surface area contributed by atoms with Gasteiger partial charge < -0.3 is 14.4 Å². The van der Waals surface area contributed by atoms with Crippen LogP contribution in [0.3, 0.4) is 0 Å². The molecule has 2 amide bonds. The zero-order valence-corrected chi connectivity index (χ0v) is 21.2. The number of piperazine rings is 1. The van der Waals surface area contributed by atoms with Crippen molar-refractivity contribution < 1.29 is 9.59 Å². The van der Waals surface area contributed by atoms with Crippen molar-refractivity contribution in [1.82, 2.24) is 19.2 Å². The van der Waals surface area contributed by atoms with Crippen molar-refractivity contribution in [3.8, 4) is 11.3 Å². The van der Waals surface area contributed by atoms with Crippen LogP contribution < -0.4 is 9.80 Å². The highest BCUT2D eigenvalue weighted by atomic mass is 16.2. The van der Waals surface area contributed by atoms with Crippen LogP contribution in [0.25, 0.3) is 22.2 Å². The quantitative estimate of drug-likeness (QED) is 0.406. The van der Waals surface area contributed by atoms with Crippen LogP contribution in [0.5, 0.6) is 0 Å². The Balaban J connectivity index is 1.09. The predicted octanol–water partition coefficient (Wildman–Crippen LogP) is 3.91. The zero-order valence-electron chi connectivity index (χ0n) is 21.2. The summed E-state index contributed by atoms with van der Waals surface area (Å²) >= 11 is 0. The van der Waals surface area contributed by atoms with Crippen LogP contribution in [0.4, 0.5) is 11.5 Å². The fraction of sp³-hybridized carbons (Fsp3) is 0.345. The number of benzene rings is 2. The van der Waals surface area contributed by atoms with E-state index in [1.54, 1.807) is 0 Å². The molecule has 4 aromatic rings. The number of hydrogen-bond donors (Lipinski definition) is 0. The van der Waals surface area contributed by atoms with E-state index >= 15 is 0 Å². The van der Waals surface area contributed by atoms with Crippen LogP contribution in [-0.4, -0.2) is 63.8 Å². The molecule has 0 aliphatic carbocycles. The molecule has 190 valence electrons. The van der Waals surface area contributed by atoms with Crippen molar-refractivity contribution >= 4 is 34.2 Å². The summed E-state index contributed by atoms with van der Waals surface area (Å²) in [6.07, 6.45) is 3.61. The summed E-state index contributed by atoms with van der Waals surface area (Å²) in [6.45, 7) is 4.26. The van der Waals surface area contributed by atoms with Gasteiger partial charge in [0.05, 0.1) is 12.2 Å². The average molecular weight is 497 g/mol. The molecular formula is C29H32N6O2. The Morgan fingerprint density at radius 2 is 1.70 bits per heavy atom. The maximum Gasteiger partial charge on any atom is 0.229 e. The summed E-state index contributed by atoms with van der Waals surface area (Å²) < 4.78 is 4.04. The van der Waals surface area contributed by atoms with Crippen LogP contribution >= 0.6 is 0 Å². The first-order valence-corrected chi connectivity index (χ1v) is 13.1. The van der Waals surface area contributed by atoms with Crippen molar-refractivity contribution in [3.05, 3.63) is 66.9 Å². The van der Waals surface area contributed by atoms with Gasteiger partial charge in [-0.25, -0.2) is 4.68 Å². The summed E-state index contributed by atoms with van der Waals surface area (Å²) in [4.78, 5) is 31.9. The van der Waals surface area contributed by atoms with Gasteiger partial charge in [0.2, 0.25) is 11.8 Å². The molecule has 8 nitrogen and oxygen atoms in total. The van der Waals surface area contributed by atoms with Crippen molar-refractivity contribution in [3.63, 3.8) is 0 Å². The van der Waals surface area contributed by atoms with Crippen molar-refractivity contribution in [2.24, 2.45) is 7.05 Å². The molecular weight excluding hydrogens is 464 g/mol. The van der Waals surface area contributed by atoms with E-state index in [2.05, 4.69) is 39.9 Å². The smallest absolute Gasteiger partial charge is 0.229 e. The molecule has 37 heavy (non-hydrogen) atoms. The molecule has 2 aliphatic rings. The number of rotatable bonds is 6.